The second kappa shape index (κ2) is 11.1. The minimum Gasteiger partial charge on any atom is -0.287 e. The fourth-order valence-corrected chi connectivity index (χ4v) is 9.99. The summed E-state index contributed by atoms with van der Waals surface area (Å²) in [7, 11) is 0. The van der Waals surface area contributed by atoms with Gasteiger partial charge in [-0.05, 0) is 127 Å². The number of rotatable bonds is 6. The Morgan fingerprint density at radius 2 is 1.74 bits per heavy atom. The third-order valence-corrected chi connectivity index (χ3v) is 11.9. The Morgan fingerprint density at radius 3 is 2.40 bits per heavy atom. The molecule has 4 fully saturated rings. The molecular formula is C36H57FN4O. The molecule has 6 rings (SSSR count). The number of alkyl halides is 1. The molecule has 6 aliphatic rings. The number of halogens is 1. The van der Waals surface area contributed by atoms with E-state index in [0.29, 0.717) is 29.5 Å². The molecule has 1 saturated heterocycles. The van der Waals surface area contributed by atoms with E-state index in [1.54, 1.807) is 13.8 Å². The fraction of sp³-hybridized carbons (Fsp3) is 0.806. The summed E-state index contributed by atoms with van der Waals surface area (Å²) >= 11 is 0. The van der Waals surface area contributed by atoms with Crippen LogP contribution in [0, 0.1) is 40.9 Å². The zero-order chi connectivity index (χ0) is 30.0. The fourth-order valence-electron chi connectivity index (χ4n) is 9.99. The number of amides is 1. The number of hydrazine groups is 1. The second-order valence-corrected chi connectivity index (χ2v) is 16.8. The first kappa shape index (κ1) is 30.5. The van der Waals surface area contributed by atoms with Gasteiger partial charge in [-0.25, -0.2) is 15.2 Å². The third kappa shape index (κ3) is 5.58. The Bertz CT molecular complexity index is 1140. The molecule has 0 radical (unpaired) electrons. The van der Waals surface area contributed by atoms with Crippen molar-refractivity contribution in [2.24, 2.45) is 40.9 Å². The Balaban J connectivity index is 1.24. The van der Waals surface area contributed by atoms with Gasteiger partial charge in [0.2, 0.25) is 5.91 Å². The highest BCUT2D eigenvalue weighted by atomic mass is 19.1. The van der Waals surface area contributed by atoms with Gasteiger partial charge < -0.3 is 0 Å². The molecule has 3 aliphatic carbocycles. The van der Waals surface area contributed by atoms with Crippen molar-refractivity contribution < 1.29 is 9.18 Å². The van der Waals surface area contributed by atoms with Crippen LogP contribution in [-0.2, 0) is 4.79 Å². The van der Waals surface area contributed by atoms with Crippen LogP contribution >= 0.6 is 0 Å². The zero-order valence-corrected chi connectivity index (χ0v) is 27.4. The van der Waals surface area contributed by atoms with Crippen LogP contribution in [0.3, 0.4) is 0 Å². The van der Waals surface area contributed by atoms with Crippen LogP contribution < -0.4 is 10.9 Å². The van der Waals surface area contributed by atoms with Crippen molar-refractivity contribution in [3.8, 4) is 0 Å². The molecule has 2 N–H and O–H groups in total. The van der Waals surface area contributed by atoms with Crippen molar-refractivity contribution in [2.45, 2.75) is 136 Å². The number of carbonyl (C=O) groups excluding carboxylic acids is 1. The summed E-state index contributed by atoms with van der Waals surface area (Å²) in [6, 6.07) is 0. The number of nitrogens with zero attached hydrogens (tertiary/aromatic N) is 2. The first-order valence-electron chi connectivity index (χ1n) is 17.2. The van der Waals surface area contributed by atoms with Gasteiger partial charge in [0.1, 0.15) is 5.67 Å². The van der Waals surface area contributed by atoms with E-state index in [4.69, 9.17) is 0 Å². The Kier molecular flexibility index (Phi) is 8.10. The summed E-state index contributed by atoms with van der Waals surface area (Å²) in [5.74, 6) is 3.06. The van der Waals surface area contributed by atoms with E-state index in [2.05, 4.69) is 68.7 Å². The van der Waals surface area contributed by atoms with Gasteiger partial charge in [-0.3, -0.25) is 14.6 Å². The van der Waals surface area contributed by atoms with Crippen molar-refractivity contribution in [3.05, 3.63) is 35.2 Å². The average molecular weight is 581 g/mol. The molecule has 6 heteroatoms. The van der Waals surface area contributed by atoms with Gasteiger partial charge in [-0.1, -0.05) is 39.5 Å². The minimum atomic E-state index is -1.49. The molecule has 42 heavy (non-hydrogen) atoms. The molecule has 5 unspecified atom stereocenters. The molecule has 0 aromatic heterocycles. The van der Waals surface area contributed by atoms with Gasteiger partial charge in [0.15, 0.2) is 0 Å². The summed E-state index contributed by atoms with van der Waals surface area (Å²) in [5, 5.41) is 0. The Labute approximate surface area is 254 Å². The number of hydrogen-bond donors (Lipinski definition) is 2. The van der Waals surface area contributed by atoms with E-state index < -0.39 is 5.67 Å². The maximum absolute atomic E-state index is 15.7. The molecular weight excluding hydrogens is 523 g/mol. The van der Waals surface area contributed by atoms with E-state index in [9.17, 15) is 4.79 Å². The number of carbonyl (C=O) groups is 1. The molecule has 1 amide bonds. The smallest absolute Gasteiger partial charge is 0.238 e. The summed E-state index contributed by atoms with van der Waals surface area (Å²) in [4.78, 5) is 18.7. The Morgan fingerprint density at radius 1 is 1.00 bits per heavy atom. The molecule has 0 aromatic rings. The topological polar surface area (TPSA) is 47.6 Å². The van der Waals surface area contributed by atoms with Gasteiger partial charge in [0.25, 0.3) is 0 Å². The van der Waals surface area contributed by atoms with Crippen LogP contribution in [-0.4, -0.2) is 39.7 Å². The first-order valence-corrected chi connectivity index (χ1v) is 17.2. The predicted molar refractivity (Wildman–Crippen MR) is 168 cm³/mol. The molecule has 3 saturated carbocycles. The number of allylic oxidation sites excluding steroid dienone is 3. The molecule has 3 heterocycles. The minimum absolute atomic E-state index is 0.0808. The number of nitrogens with one attached hydrogen (secondary N) is 2. The van der Waals surface area contributed by atoms with Crippen LogP contribution in [0.25, 0.3) is 0 Å². The lowest BCUT2D eigenvalue weighted by molar-refractivity contribution is -0.133. The summed E-state index contributed by atoms with van der Waals surface area (Å²) in [6.45, 7) is 15.9. The number of fused-ring (bicyclic) bond motifs is 1. The highest BCUT2D eigenvalue weighted by Crippen LogP contribution is 2.60. The lowest BCUT2D eigenvalue weighted by atomic mass is 9.50. The average Bonchev–Trinajstić information content (AvgIpc) is 3.52. The normalized spacial score (nSPS) is 39.9. The summed E-state index contributed by atoms with van der Waals surface area (Å²) < 4.78 is 15.7. The van der Waals surface area contributed by atoms with E-state index in [-0.39, 0.29) is 22.8 Å². The molecule has 0 bridgehead atoms. The van der Waals surface area contributed by atoms with E-state index in [0.717, 1.165) is 49.0 Å². The summed E-state index contributed by atoms with van der Waals surface area (Å²) in [5.41, 5.74) is 8.64. The van der Waals surface area contributed by atoms with Crippen molar-refractivity contribution in [1.82, 2.24) is 20.7 Å². The van der Waals surface area contributed by atoms with Crippen molar-refractivity contribution in [2.75, 3.05) is 6.67 Å². The predicted octanol–water partition coefficient (Wildman–Crippen LogP) is 7.83. The first-order chi connectivity index (χ1) is 19.8. The quantitative estimate of drug-likeness (QED) is 0.336. The van der Waals surface area contributed by atoms with Crippen molar-refractivity contribution in [3.63, 3.8) is 0 Å². The van der Waals surface area contributed by atoms with Crippen LogP contribution in [0.1, 0.15) is 119 Å². The van der Waals surface area contributed by atoms with E-state index >= 15 is 4.39 Å². The summed E-state index contributed by atoms with van der Waals surface area (Å²) in [6.07, 6.45) is 19.8. The van der Waals surface area contributed by atoms with Gasteiger partial charge in [-0.2, -0.15) is 0 Å². The maximum atomic E-state index is 15.7. The van der Waals surface area contributed by atoms with Gasteiger partial charge in [0, 0.05) is 22.7 Å². The highest BCUT2D eigenvalue weighted by molar-refractivity contribution is 5.89. The lowest BCUT2D eigenvalue weighted by Crippen LogP contribution is -2.63. The Hall–Kier alpha value is -1.50. The largest absolute Gasteiger partial charge is 0.287 e. The SMILES string of the molecule is CC1CC(C2CCCC(C3C=C4C(C(C)(C)F)=CC(CC5CCC[C@H](C)C5)=CN4C3=O)C2)(C2NNCN2C(C)(C)C)C1. The maximum Gasteiger partial charge on any atom is 0.238 e. The zero-order valence-electron chi connectivity index (χ0n) is 27.4. The third-order valence-electron chi connectivity index (χ3n) is 11.9. The molecule has 234 valence electrons. The monoisotopic (exact) mass is 580 g/mol. The highest BCUT2D eigenvalue weighted by Gasteiger charge is 2.58. The second-order valence-electron chi connectivity index (χ2n) is 16.8. The van der Waals surface area contributed by atoms with Gasteiger partial charge in [-0.15, -0.1) is 0 Å². The molecule has 0 aromatic carbocycles. The number of hydrogen-bond acceptors (Lipinski definition) is 4. The van der Waals surface area contributed by atoms with Gasteiger partial charge in [0.05, 0.1) is 24.4 Å². The molecule has 6 atom stereocenters. The van der Waals surface area contributed by atoms with Gasteiger partial charge >= 0.3 is 0 Å². The van der Waals surface area contributed by atoms with Crippen molar-refractivity contribution >= 4 is 5.91 Å². The van der Waals surface area contributed by atoms with Crippen LogP contribution in [0.15, 0.2) is 35.2 Å². The van der Waals surface area contributed by atoms with Crippen molar-refractivity contribution in [1.29, 1.82) is 0 Å². The molecule has 3 aliphatic heterocycles. The van der Waals surface area contributed by atoms with Crippen LogP contribution in [0.2, 0.25) is 0 Å². The van der Waals surface area contributed by atoms with E-state index in [1.807, 2.05) is 4.90 Å². The lowest BCUT2D eigenvalue weighted by Gasteiger charge is -2.59. The standard InChI is InChI=1S/C36H57FN4O/c1-23-10-8-11-25(14-23)15-26-16-30(35(6,7)37)31-18-29(32(42)40(31)21-26)27-12-9-13-28(17-27)36(19-24(2)20-36)33-39-38-22-41(33)34(3,4)5/h16,18,21,23-25,27-29,33,38-39H,8-15,17,19-20,22H2,1-7H3/t23-,24?,25?,27?,28?,29?,33?,36?/m0/s1. The molecule has 0 spiro atoms. The molecule has 5 nitrogen and oxygen atoms in total. The van der Waals surface area contributed by atoms with Crippen LogP contribution in [0.5, 0.6) is 0 Å². The van der Waals surface area contributed by atoms with E-state index in [1.165, 1.54) is 51.4 Å². The van der Waals surface area contributed by atoms with Crippen LogP contribution in [0.4, 0.5) is 4.39 Å².